The van der Waals surface area contributed by atoms with E-state index in [1.807, 2.05) is 30.9 Å². The summed E-state index contributed by atoms with van der Waals surface area (Å²) in [6.07, 6.45) is 1.79. The number of rotatable bonds is 4. The number of carbonyl (C=O) groups excluding carboxylic acids is 1. The number of furan rings is 1. The minimum absolute atomic E-state index is 0.169. The third kappa shape index (κ3) is 3.60. The van der Waals surface area contributed by atoms with Crippen LogP contribution in [0.25, 0.3) is 11.0 Å². The molecule has 0 unspecified atom stereocenters. The molecule has 146 valence electrons. The second-order valence-corrected chi connectivity index (χ2v) is 7.14. The molecule has 1 fully saturated rings. The number of hydrogen-bond donors (Lipinski definition) is 1. The van der Waals surface area contributed by atoms with Crippen molar-refractivity contribution in [3.8, 4) is 0 Å². The van der Waals surface area contributed by atoms with Crippen LogP contribution >= 0.6 is 0 Å². The molecule has 3 aromatic rings. The third-order valence-corrected chi connectivity index (χ3v) is 5.28. The summed E-state index contributed by atoms with van der Waals surface area (Å²) in [5.74, 6) is -0.556. The molecule has 0 bridgehead atoms. The second-order valence-electron chi connectivity index (χ2n) is 7.14. The Balaban J connectivity index is 1.47. The van der Waals surface area contributed by atoms with Gasteiger partial charge in [0.1, 0.15) is 11.4 Å². The van der Waals surface area contributed by atoms with Gasteiger partial charge in [-0.25, -0.2) is 4.39 Å². The van der Waals surface area contributed by atoms with E-state index in [1.54, 1.807) is 18.4 Å². The molecule has 1 aliphatic rings. The fourth-order valence-corrected chi connectivity index (χ4v) is 3.55. The van der Waals surface area contributed by atoms with Gasteiger partial charge in [-0.15, -0.1) is 0 Å². The normalized spacial score (nSPS) is 14.5. The van der Waals surface area contributed by atoms with Crippen molar-refractivity contribution in [2.24, 2.45) is 0 Å². The molecular weight excluding hydrogens is 359 g/mol. The number of nitrogens with zero attached hydrogens (tertiary/aromatic N) is 1. The molecule has 2 heterocycles. The first-order valence-corrected chi connectivity index (χ1v) is 9.41. The minimum Gasteiger partial charge on any atom is -0.464 e. The first kappa shape index (κ1) is 18.5. The summed E-state index contributed by atoms with van der Waals surface area (Å²) in [6, 6.07) is 8.79. The molecule has 1 aliphatic heterocycles. The maximum atomic E-state index is 14.5. The Labute approximate surface area is 163 Å². The van der Waals surface area contributed by atoms with E-state index in [0.29, 0.717) is 37.7 Å². The van der Waals surface area contributed by atoms with Gasteiger partial charge in [-0.05, 0) is 43.2 Å². The van der Waals surface area contributed by atoms with Crippen LogP contribution in [0.15, 0.2) is 41.0 Å². The van der Waals surface area contributed by atoms with Gasteiger partial charge in [0.2, 0.25) is 5.91 Å². The Hall–Kier alpha value is -2.86. The van der Waals surface area contributed by atoms with E-state index in [1.165, 1.54) is 6.07 Å². The molecule has 1 amide bonds. The van der Waals surface area contributed by atoms with Gasteiger partial charge < -0.3 is 19.4 Å². The van der Waals surface area contributed by atoms with Gasteiger partial charge >= 0.3 is 0 Å². The van der Waals surface area contributed by atoms with Gasteiger partial charge in [-0.2, -0.15) is 0 Å². The van der Waals surface area contributed by atoms with Crippen molar-refractivity contribution in [1.29, 1.82) is 0 Å². The van der Waals surface area contributed by atoms with E-state index in [-0.39, 0.29) is 18.1 Å². The Morgan fingerprint density at radius 3 is 2.71 bits per heavy atom. The quantitative estimate of drug-likeness (QED) is 0.735. The molecule has 0 saturated carbocycles. The highest BCUT2D eigenvalue weighted by molar-refractivity contribution is 5.96. The average Bonchev–Trinajstić information content (AvgIpc) is 3.09. The number of benzene rings is 2. The summed E-state index contributed by atoms with van der Waals surface area (Å²) in [7, 11) is 0. The SMILES string of the molecule is Cc1ccc2c(CC(=O)Nc3ccc(N4CCOCC4)c(F)c3)coc2c1C. The molecule has 6 heteroatoms. The monoisotopic (exact) mass is 382 g/mol. The number of halogens is 1. The van der Waals surface area contributed by atoms with E-state index in [4.69, 9.17) is 9.15 Å². The highest BCUT2D eigenvalue weighted by Gasteiger charge is 2.17. The van der Waals surface area contributed by atoms with Crippen LogP contribution in [0.1, 0.15) is 16.7 Å². The standard InChI is InChI=1S/C22H23FN2O3/c1-14-3-5-18-16(13-28-22(18)15(14)2)11-21(26)24-17-4-6-20(19(23)12-17)25-7-9-27-10-8-25/h3-6,12-13H,7-11H2,1-2H3,(H,24,26). The predicted molar refractivity (Wildman–Crippen MR) is 107 cm³/mol. The molecule has 2 aromatic carbocycles. The van der Waals surface area contributed by atoms with Crippen molar-refractivity contribution in [2.75, 3.05) is 36.5 Å². The summed E-state index contributed by atoms with van der Waals surface area (Å²) in [4.78, 5) is 14.4. The number of ether oxygens (including phenoxy) is 1. The molecule has 0 spiro atoms. The van der Waals surface area contributed by atoms with Crippen LogP contribution < -0.4 is 10.2 Å². The summed E-state index contributed by atoms with van der Waals surface area (Å²) in [5, 5.41) is 3.72. The molecule has 1 saturated heterocycles. The number of nitrogens with one attached hydrogen (secondary N) is 1. The van der Waals surface area contributed by atoms with Crippen LogP contribution in [0.4, 0.5) is 15.8 Å². The van der Waals surface area contributed by atoms with Crippen LogP contribution in [-0.4, -0.2) is 32.2 Å². The number of aryl methyl sites for hydroxylation is 2. The lowest BCUT2D eigenvalue weighted by molar-refractivity contribution is -0.115. The Kier molecular flexibility index (Phi) is 5.05. The van der Waals surface area contributed by atoms with E-state index >= 15 is 0 Å². The maximum absolute atomic E-state index is 14.5. The molecular formula is C22H23FN2O3. The van der Waals surface area contributed by atoms with Gasteiger partial charge in [0, 0.05) is 29.7 Å². The maximum Gasteiger partial charge on any atom is 0.228 e. The van der Waals surface area contributed by atoms with Crippen LogP contribution in [-0.2, 0) is 16.0 Å². The van der Waals surface area contributed by atoms with E-state index in [2.05, 4.69) is 5.32 Å². The van der Waals surface area contributed by atoms with Crippen molar-refractivity contribution < 1.29 is 18.3 Å². The number of morpholine rings is 1. The average molecular weight is 382 g/mol. The lowest BCUT2D eigenvalue weighted by Crippen LogP contribution is -2.36. The molecule has 4 rings (SSSR count). The molecule has 5 nitrogen and oxygen atoms in total. The second kappa shape index (κ2) is 7.64. The smallest absolute Gasteiger partial charge is 0.228 e. The number of fused-ring (bicyclic) bond motifs is 1. The van der Waals surface area contributed by atoms with Crippen LogP contribution in [0, 0.1) is 19.7 Å². The largest absolute Gasteiger partial charge is 0.464 e. The molecule has 0 radical (unpaired) electrons. The fraction of sp³-hybridized carbons (Fsp3) is 0.318. The van der Waals surface area contributed by atoms with E-state index in [0.717, 1.165) is 27.7 Å². The van der Waals surface area contributed by atoms with Gasteiger partial charge in [-0.3, -0.25) is 4.79 Å². The van der Waals surface area contributed by atoms with Crippen molar-refractivity contribution in [3.63, 3.8) is 0 Å². The number of carbonyl (C=O) groups is 1. The number of anilines is 2. The molecule has 0 aliphatic carbocycles. The topological polar surface area (TPSA) is 54.7 Å². The van der Waals surface area contributed by atoms with Gasteiger partial charge in [0.15, 0.2) is 0 Å². The summed E-state index contributed by atoms with van der Waals surface area (Å²) < 4.78 is 25.5. The van der Waals surface area contributed by atoms with Crippen molar-refractivity contribution in [1.82, 2.24) is 0 Å². The molecule has 28 heavy (non-hydrogen) atoms. The summed E-state index contributed by atoms with van der Waals surface area (Å²) in [6.45, 7) is 6.54. The molecule has 1 aromatic heterocycles. The van der Waals surface area contributed by atoms with E-state index < -0.39 is 0 Å². The van der Waals surface area contributed by atoms with Crippen LogP contribution in [0.3, 0.4) is 0 Å². The first-order chi connectivity index (χ1) is 13.5. The van der Waals surface area contributed by atoms with Gasteiger partial charge in [0.05, 0.1) is 31.6 Å². The highest BCUT2D eigenvalue weighted by atomic mass is 19.1. The lowest BCUT2D eigenvalue weighted by Gasteiger charge is -2.29. The zero-order valence-corrected chi connectivity index (χ0v) is 16.0. The van der Waals surface area contributed by atoms with Gasteiger partial charge in [-0.1, -0.05) is 12.1 Å². The number of amides is 1. The highest BCUT2D eigenvalue weighted by Crippen LogP contribution is 2.27. The van der Waals surface area contributed by atoms with Gasteiger partial charge in [0.25, 0.3) is 0 Å². The van der Waals surface area contributed by atoms with Crippen molar-refractivity contribution in [3.05, 3.63) is 59.1 Å². The summed E-state index contributed by atoms with van der Waals surface area (Å²) >= 11 is 0. The zero-order valence-electron chi connectivity index (χ0n) is 16.0. The van der Waals surface area contributed by atoms with Crippen molar-refractivity contribution in [2.45, 2.75) is 20.3 Å². The Morgan fingerprint density at radius 2 is 1.96 bits per heavy atom. The van der Waals surface area contributed by atoms with Crippen LogP contribution in [0.5, 0.6) is 0 Å². The third-order valence-electron chi connectivity index (χ3n) is 5.28. The Bertz CT molecular complexity index is 1020. The lowest BCUT2D eigenvalue weighted by atomic mass is 10.0. The van der Waals surface area contributed by atoms with E-state index in [9.17, 15) is 9.18 Å². The summed E-state index contributed by atoms with van der Waals surface area (Å²) in [5.41, 5.74) is 4.83. The fourth-order valence-electron chi connectivity index (χ4n) is 3.55. The molecule has 1 N–H and O–H groups in total. The number of hydrogen-bond acceptors (Lipinski definition) is 4. The predicted octanol–water partition coefficient (Wildman–Crippen LogP) is 4.21. The molecule has 0 atom stereocenters. The first-order valence-electron chi connectivity index (χ1n) is 9.41. The zero-order chi connectivity index (χ0) is 19.7. The minimum atomic E-state index is -0.348. The van der Waals surface area contributed by atoms with Crippen LogP contribution in [0.2, 0.25) is 0 Å². The Morgan fingerprint density at radius 1 is 1.18 bits per heavy atom. The van der Waals surface area contributed by atoms with Crippen molar-refractivity contribution >= 4 is 28.3 Å².